The lowest BCUT2D eigenvalue weighted by Crippen LogP contribution is -2.42. The van der Waals surface area contributed by atoms with Crippen LogP contribution >= 0.6 is 0 Å². The van der Waals surface area contributed by atoms with Crippen molar-refractivity contribution < 1.29 is 29.2 Å². The highest BCUT2D eigenvalue weighted by molar-refractivity contribution is 5.14. The lowest BCUT2D eigenvalue weighted by molar-refractivity contribution is -0.180. The van der Waals surface area contributed by atoms with Crippen molar-refractivity contribution >= 4 is 0 Å². The number of hydrogen-bond acceptors (Lipinski definition) is 6. The van der Waals surface area contributed by atoms with Gasteiger partial charge in [-0.1, -0.05) is 60.7 Å². The van der Waals surface area contributed by atoms with Crippen LogP contribution in [0.25, 0.3) is 0 Å². The second-order valence-electron chi connectivity index (χ2n) is 6.52. The number of benzene rings is 2. The van der Waals surface area contributed by atoms with Crippen molar-refractivity contribution in [1.82, 2.24) is 0 Å². The van der Waals surface area contributed by atoms with Crippen LogP contribution in [0.3, 0.4) is 0 Å². The third-order valence-corrected chi connectivity index (χ3v) is 4.56. The molecule has 1 aliphatic rings. The van der Waals surface area contributed by atoms with Crippen molar-refractivity contribution in [3.05, 3.63) is 71.8 Å². The number of ether oxygens (including phenoxy) is 4. The molecule has 6 heteroatoms. The summed E-state index contributed by atoms with van der Waals surface area (Å²) in [7, 11) is 1.43. The minimum Gasteiger partial charge on any atom is -0.387 e. The Hall–Kier alpha value is -1.80. The van der Waals surface area contributed by atoms with Crippen molar-refractivity contribution in [3.8, 4) is 0 Å². The topological polar surface area (TPSA) is 77.4 Å². The van der Waals surface area contributed by atoms with Crippen LogP contribution in [0.1, 0.15) is 11.1 Å². The van der Waals surface area contributed by atoms with E-state index < -0.39 is 30.7 Å². The van der Waals surface area contributed by atoms with E-state index in [9.17, 15) is 10.2 Å². The molecule has 1 aliphatic heterocycles. The van der Waals surface area contributed by atoms with Crippen LogP contribution < -0.4 is 0 Å². The second kappa shape index (κ2) is 9.94. The quantitative estimate of drug-likeness (QED) is 0.698. The van der Waals surface area contributed by atoms with Crippen molar-refractivity contribution in [2.24, 2.45) is 0 Å². The fourth-order valence-electron chi connectivity index (χ4n) is 3.06. The summed E-state index contributed by atoms with van der Waals surface area (Å²) in [6.07, 6.45) is -4.43. The zero-order chi connectivity index (χ0) is 19.1. The predicted molar refractivity (Wildman–Crippen MR) is 98.8 cm³/mol. The Morgan fingerprint density at radius 2 is 1.48 bits per heavy atom. The Morgan fingerprint density at radius 1 is 0.889 bits per heavy atom. The van der Waals surface area contributed by atoms with Crippen LogP contribution in [0.5, 0.6) is 0 Å². The van der Waals surface area contributed by atoms with Gasteiger partial charge >= 0.3 is 0 Å². The van der Waals surface area contributed by atoms with E-state index in [4.69, 9.17) is 18.9 Å². The first kappa shape index (κ1) is 19.9. The molecule has 146 valence electrons. The third-order valence-electron chi connectivity index (χ3n) is 4.56. The minimum absolute atomic E-state index is 0.215. The van der Waals surface area contributed by atoms with E-state index in [1.165, 1.54) is 7.11 Å². The average molecular weight is 374 g/mol. The van der Waals surface area contributed by atoms with Gasteiger partial charge in [0.25, 0.3) is 0 Å². The Balaban J connectivity index is 1.62. The largest absolute Gasteiger partial charge is 0.387 e. The normalized spacial score (nSPS) is 26.2. The van der Waals surface area contributed by atoms with Gasteiger partial charge in [0, 0.05) is 7.11 Å². The summed E-state index contributed by atoms with van der Waals surface area (Å²) in [5.41, 5.74) is 2.05. The molecule has 0 aliphatic carbocycles. The predicted octanol–water partition coefficient (Wildman–Crippen LogP) is 1.88. The maximum Gasteiger partial charge on any atom is 0.186 e. The van der Waals surface area contributed by atoms with E-state index in [1.54, 1.807) is 0 Å². The molecule has 2 aromatic rings. The zero-order valence-electron chi connectivity index (χ0n) is 15.3. The van der Waals surface area contributed by atoms with Crippen molar-refractivity contribution in [3.63, 3.8) is 0 Å². The molecule has 1 fully saturated rings. The lowest BCUT2D eigenvalue weighted by atomic mass is 10.1. The molecule has 2 aromatic carbocycles. The van der Waals surface area contributed by atoms with Gasteiger partial charge in [0.1, 0.15) is 24.4 Å². The van der Waals surface area contributed by atoms with Gasteiger partial charge in [-0.2, -0.15) is 0 Å². The number of hydrogen-bond donors (Lipinski definition) is 2. The molecule has 1 heterocycles. The standard InChI is InChI=1S/C21H26O6/c1-24-21-19(23)18(22)20(27-21)17(26-13-16-10-6-3-7-11-16)14-25-12-15-8-4-2-5-9-15/h2-11,17-23H,12-14H2,1H3/t17-,18-,19-,20-,21+/m1/s1. The van der Waals surface area contributed by atoms with E-state index >= 15 is 0 Å². The number of aliphatic hydroxyl groups excluding tert-OH is 2. The summed E-state index contributed by atoms with van der Waals surface area (Å²) >= 11 is 0. The summed E-state index contributed by atoms with van der Waals surface area (Å²) in [5, 5.41) is 20.4. The van der Waals surface area contributed by atoms with Crippen LogP contribution in [0.2, 0.25) is 0 Å². The smallest absolute Gasteiger partial charge is 0.186 e. The molecule has 6 nitrogen and oxygen atoms in total. The van der Waals surface area contributed by atoms with Crippen molar-refractivity contribution in [1.29, 1.82) is 0 Å². The van der Waals surface area contributed by atoms with Gasteiger partial charge < -0.3 is 29.2 Å². The highest BCUT2D eigenvalue weighted by Gasteiger charge is 2.47. The Kier molecular flexibility index (Phi) is 7.34. The first-order valence-electron chi connectivity index (χ1n) is 9.00. The van der Waals surface area contributed by atoms with E-state index in [0.29, 0.717) is 13.2 Å². The summed E-state index contributed by atoms with van der Waals surface area (Å²) in [6.45, 7) is 0.984. The van der Waals surface area contributed by atoms with E-state index in [-0.39, 0.29) is 6.61 Å². The van der Waals surface area contributed by atoms with Gasteiger partial charge in [0.05, 0.1) is 19.8 Å². The van der Waals surface area contributed by atoms with Crippen molar-refractivity contribution in [2.45, 2.75) is 43.9 Å². The van der Waals surface area contributed by atoms with E-state index in [1.807, 2.05) is 60.7 Å². The molecule has 3 rings (SSSR count). The molecule has 0 spiro atoms. The fourth-order valence-corrected chi connectivity index (χ4v) is 3.06. The summed E-state index contributed by atoms with van der Waals surface area (Å²) in [6, 6.07) is 19.5. The first-order valence-corrected chi connectivity index (χ1v) is 9.00. The van der Waals surface area contributed by atoms with E-state index in [2.05, 4.69) is 0 Å². The minimum atomic E-state index is -1.13. The second-order valence-corrected chi connectivity index (χ2v) is 6.52. The van der Waals surface area contributed by atoms with Gasteiger partial charge in [-0.15, -0.1) is 0 Å². The molecule has 27 heavy (non-hydrogen) atoms. The van der Waals surface area contributed by atoms with Gasteiger partial charge in [-0.05, 0) is 11.1 Å². The van der Waals surface area contributed by atoms with Gasteiger partial charge in [0.2, 0.25) is 0 Å². The molecular formula is C21H26O6. The molecule has 0 saturated carbocycles. The molecule has 0 radical (unpaired) electrons. The van der Waals surface area contributed by atoms with Crippen LogP contribution in [-0.2, 0) is 32.2 Å². The Bertz CT molecular complexity index is 665. The maximum absolute atomic E-state index is 10.4. The molecule has 1 saturated heterocycles. The van der Waals surface area contributed by atoms with Gasteiger partial charge in [0.15, 0.2) is 6.29 Å². The molecule has 0 amide bonds. The lowest BCUT2D eigenvalue weighted by Gasteiger charge is -2.26. The molecule has 0 aromatic heterocycles. The molecule has 0 bridgehead atoms. The van der Waals surface area contributed by atoms with Crippen LogP contribution in [-0.4, -0.2) is 54.6 Å². The monoisotopic (exact) mass is 374 g/mol. The highest BCUT2D eigenvalue weighted by atomic mass is 16.7. The number of methoxy groups -OCH3 is 1. The maximum atomic E-state index is 10.4. The van der Waals surface area contributed by atoms with Gasteiger partial charge in [-0.25, -0.2) is 0 Å². The highest BCUT2D eigenvalue weighted by Crippen LogP contribution is 2.26. The molecule has 5 atom stereocenters. The molecular weight excluding hydrogens is 348 g/mol. The first-order chi connectivity index (χ1) is 13.2. The number of rotatable bonds is 9. The van der Waals surface area contributed by atoms with Crippen LogP contribution in [0, 0.1) is 0 Å². The van der Waals surface area contributed by atoms with E-state index in [0.717, 1.165) is 11.1 Å². The summed E-state index contributed by atoms with van der Waals surface area (Å²) in [5.74, 6) is 0. The summed E-state index contributed by atoms with van der Waals surface area (Å²) < 4.78 is 22.5. The number of aliphatic hydroxyl groups is 2. The Morgan fingerprint density at radius 3 is 2.04 bits per heavy atom. The SMILES string of the molecule is CO[C@H]1O[C@H]([C@@H](COCc2ccccc2)OCc2ccccc2)[C@H](O)[C@H]1O. The Labute approximate surface area is 159 Å². The van der Waals surface area contributed by atoms with Crippen LogP contribution in [0.4, 0.5) is 0 Å². The van der Waals surface area contributed by atoms with Crippen molar-refractivity contribution in [2.75, 3.05) is 13.7 Å². The van der Waals surface area contributed by atoms with Crippen LogP contribution in [0.15, 0.2) is 60.7 Å². The molecule has 0 unspecified atom stereocenters. The fraction of sp³-hybridized carbons (Fsp3) is 0.429. The van der Waals surface area contributed by atoms with Gasteiger partial charge in [-0.3, -0.25) is 0 Å². The molecule has 2 N–H and O–H groups in total. The average Bonchev–Trinajstić information content (AvgIpc) is 3.00. The zero-order valence-corrected chi connectivity index (χ0v) is 15.3. The third kappa shape index (κ3) is 5.35. The summed E-state index contributed by atoms with van der Waals surface area (Å²) in [4.78, 5) is 0.